The van der Waals surface area contributed by atoms with Crippen LogP contribution in [-0.2, 0) is 4.79 Å². The summed E-state index contributed by atoms with van der Waals surface area (Å²) in [5.41, 5.74) is 2.37. The Morgan fingerprint density at radius 1 is 1.26 bits per heavy atom. The lowest BCUT2D eigenvalue weighted by molar-refractivity contribution is -0.111. The van der Waals surface area contributed by atoms with Crippen molar-refractivity contribution in [2.75, 3.05) is 17.7 Å². The van der Waals surface area contributed by atoms with E-state index in [1.807, 2.05) is 6.08 Å². The van der Waals surface area contributed by atoms with Gasteiger partial charge in [-0.1, -0.05) is 24.1 Å². The van der Waals surface area contributed by atoms with Crippen LogP contribution in [0.4, 0.5) is 21.6 Å². The minimum absolute atomic E-state index is 0.00882. The van der Waals surface area contributed by atoms with Gasteiger partial charge in [-0.25, -0.2) is 14.4 Å². The number of carbonyl (C=O) groups is 1. The highest BCUT2D eigenvalue weighted by Gasteiger charge is 2.47. The number of benzene rings is 2. The molecule has 5 rings (SSSR count). The summed E-state index contributed by atoms with van der Waals surface area (Å²) in [5.74, 6) is 0.977. The van der Waals surface area contributed by atoms with Crippen molar-refractivity contribution in [1.82, 2.24) is 9.97 Å². The van der Waals surface area contributed by atoms with Gasteiger partial charge in [-0.3, -0.25) is 4.79 Å². The van der Waals surface area contributed by atoms with Gasteiger partial charge in [0.25, 0.3) is 0 Å². The van der Waals surface area contributed by atoms with Crippen LogP contribution in [0.5, 0.6) is 5.75 Å². The Labute approximate surface area is 202 Å². The number of methoxy groups -OCH3 is 1. The third kappa shape index (κ3) is 4.57. The topological polar surface area (TPSA) is 76.1 Å². The molecule has 2 N–H and O–H groups in total. The third-order valence-electron chi connectivity index (χ3n) is 6.99. The average molecular weight is 481 g/mol. The van der Waals surface area contributed by atoms with Crippen molar-refractivity contribution in [2.24, 2.45) is 11.3 Å². The quantitative estimate of drug-likeness (QED) is 0.371. The number of ether oxygens (including phenoxy) is 1. The fourth-order valence-corrected chi connectivity index (χ4v) is 5.30. The number of halogens is 2. The highest BCUT2D eigenvalue weighted by atomic mass is 35.5. The van der Waals surface area contributed by atoms with Crippen molar-refractivity contribution < 1.29 is 13.9 Å². The van der Waals surface area contributed by atoms with Gasteiger partial charge in [-0.05, 0) is 73.8 Å². The van der Waals surface area contributed by atoms with Gasteiger partial charge < -0.3 is 15.4 Å². The molecule has 34 heavy (non-hydrogen) atoms. The molecule has 2 fully saturated rings. The Bertz CT molecular complexity index is 1270. The van der Waals surface area contributed by atoms with Crippen molar-refractivity contribution in [3.63, 3.8) is 0 Å². The first-order valence-corrected chi connectivity index (χ1v) is 11.8. The molecule has 1 amide bonds. The molecule has 0 bridgehead atoms. The maximum atomic E-state index is 13.5. The number of nitrogens with one attached hydrogen (secondary N) is 2. The highest BCUT2D eigenvalue weighted by molar-refractivity contribution is 6.31. The van der Waals surface area contributed by atoms with E-state index < -0.39 is 5.82 Å². The predicted molar refractivity (Wildman–Crippen MR) is 132 cm³/mol. The van der Waals surface area contributed by atoms with E-state index in [0.29, 0.717) is 45.2 Å². The molecule has 0 aliphatic heterocycles. The number of carbonyl (C=O) groups excluding carboxylic acids is 1. The van der Waals surface area contributed by atoms with E-state index in [-0.39, 0.29) is 10.9 Å². The Hall–Kier alpha value is -3.19. The van der Waals surface area contributed by atoms with Crippen LogP contribution in [0.15, 0.2) is 48.8 Å². The molecule has 8 heteroatoms. The molecular weight excluding hydrogens is 455 g/mol. The maximum Gasteiger partial charge on any atom is 0.248 e. The molecule has 1 spiro atoms. The molecule has 2 saturated carbocycles. The van der Waals surface area contributed by atoms with Crippen molar-refractivity contribution >= 4 is 45.6 Å². The molecular formula is C26H26ClFN4O2. The van der Waals surface area contributed by atoms with Crippen LogP contribution in [0.2, 0.25) is 5.02 Å². The normalized spacial score (nSPS) is 16.9. The fraction of sp³-hybridized carbons (Fsp3) is 0.346. The predicted octanol–water partition coefficient (Wildman–Crippen LogP) is 6.64. The smallest absolute Gasteiger partial charge is 0.248 e. The fourth-order valence-electron chi connectivity index (χ4n) is 5.12. The standard InChI is InChI=1S/C26H26ClFN4O2/c1-34-23-12-21-18(25(30-15-29-21)31-17-6-7-20(28)19(27)10-17)11-22(23)32-24(33)5-2-4-16-13-26(14-16)8-3-9-26/h2,5-7,10-12,15-16H,3-4,8-9,13-14H2,1H3,(H,32,33)(H,29,30,31)/b5-2+. The minimum atomic E-state index is -0.498. The zero-order valence-corrected chi connectivity index (χ0v) is 19.7. The molecule has 6 nitrogen and oxygen atoms in total. The monoisotopic (exact) mass is 480 g/mol. The Morgan fingerprint density at radius 2 is 2.09 bits per heavy atom. The summed E-state index contributed by atoms with van der Waals surface area (Å²) in [4.78, 5) is 21.2. The number of nitrogens with zero attached hydrogens (tertiary/aromatic N) is 2. The van der Waals surface area contributed by atoms with E-state index in [9.17, 15) is 9.18 Å². The average Bonchev–Trinajstić information content (AvgIpc) is 2.76. The molecule has 0 unspecified atom stereocenters. The van der Waals surface area contributed by atoms with Crippen LogP contribution in [0.25, 0.3) is 10.9 Å². The zero-order valence-electron chi connectivity index (χ0n) is 18.9. The van der Waals surface area contributed by atoms with Crippen LogP contribution in [0, 0.1) is 17.2 Å². The highest BCUT2D eigenvalue weighted by Crippen LogP contribution is 2.59. The first-order valence-electron chi connectivity index (χ1n) is 11.5. The number of aromatic nitrogens is 2. The summed E-state index contributed by atoms with van der Waals surface area (Å²) in [7, 11) is 1.54. The number of amides is 1. The second-order valence-corrected chi connectivity index (χ2v) is 9.71. The summed E-state index contributed by atoms with van der Waals surface area (Å²) in [6.45, 7) is 0. The largest absolute Gasteiger partial charge is 0.494 e. The summed E-state index contributed by atoms with van der Waals surface area (Å²) in [6, 6.07) is 7.84. The summed E-state index contributed by atoms with van der Waals surface area (Å²) in [5, 5.41) is 6.72. The summed E-state index contributed by atoms with van der Waals surface area (Å²) < 4.78 is 19.0. The van der Waals surface area contributed by atoms with Gasteiger partial charge in [0, 0.05) is 17.1 Å². The third-order valence-corrected chi connectivity index (χ3v) is 7.28. The molecule has 0 atom stereocenters. The van der Waals surface area contributed by atoms with E-state index >= 15 is 0 Å². The molecule has 0 saturated heterocycles. The first-order chi connectivity index (χ1) is 16.4. The molecule has 176 valence electrons. The van der Waals surface area contributed by atoms with Crippen molar-refractivity contribution in [3.8, 4) is 5.75 Å². The second kappa shape index (κ2) is 9.22. The lowest BCUT2D eigenvalue weighted by Crippen LogP contribution is -2.42. The van der Waals surface area contributed by atoms with Gasteiger partial charge >= 0.3 is 0 Å². The maximum absolute atomic E-state index is 13.5. The van der Waals surface area contributed by atoms with Crippen LogP contribution >= 0.6 is 11.6 Å². The van der Waals surface area contributed by atoms with E-state index in [0.717, 1.165) is 6.42 Å². The summed E-state index contributed by atoms with van der Waals surface area (Å²) in [6.07, 6.45) is 12.6. The van der Waals surface area contributed by atoms with E-state index in [1.54, 1.807) is 31.4 Å². The van der Waals surface area contributed by atoms with Crippen LogP contribution in [0.3, 0.4) is 0 Å². The molecule has 1 aromatic heterocycles. The lowest BCUT2D eigenvalue weighted by Gasteiger charge is -2.54. The zero-order chi connectivity index (χ0) is 23.7. The SMILES string of the molecule is COc1cc2ncnc(Nc3ccc(F)c(Cl)c3)c2cc1NC(=O)/C=C/CC1CC2(CCC2)C1. The van der Waals surface area contributed by atoms with Gasteiger partial charge in [0.2, 0.25) is 5.91 Å². The number of anilines is 3. The van der Waals surface area contributed by atoms with E-state index in [4.69, 9.17) is 16.3 Å². The van der Waals surface area contributed by atoms with Gasteiger partial charge in [-0.2, -0.15) is 0 Å². The Morgan fingerprint density at radius 3 is 2.79 bits per heavy atom. The molecule has 0 radical (unpaired) electrons. The molecule has 2 aliphatic rings. The van der Waals surface area contributed by atoms with E-state index in [2.05, 4.69) is 20.6 Å². The number of rotatable bonds is 7. The molecule has 2 aliphatic carbocycles. The van der Waals surface area contributed by atoms with Crippen molar-refractivity contribution in [2.45, 2.75) is 38.5 Å². The van der Waals surface area contributed by atoms with Gasteiger partial charge in [-0.15, -0.1) is 0 Å². The molecule has 2 aromatic carbocycles. The first kappa shape index (κ1) is 22.6. The van der Waals surface area contributed by atoms with Crippen molar-refractivity contribution in [1.29, 1.82) is 0 Å². The summed E-state index contributed by atoms with van der Waals surface area (Å²) >= 11 is 5.90. The number of allylic oxidation sites excluding steroid dienone is 1. The molecule has 3 aromatic rings. The number of hydrogen-bond donors (Lipinski definition) is 2. The van der Waals surface area contributed by atoms with Crippen LogP contribution in [-0.4, -0.2) is 23.0 Å². The minimum Gasteiger partial charge on any atom is -0.494 e. The second-order valence-electron chi connectivity index (χ2n) is 9.30. The van der Waals surface area contributed by atoms with Crippen molar-refractivity contribution in [3.05, 3.63) is 59.7 Å². The number of fused-ring (bicyclic) bond motifs is 1. The van der Waals surface area contributed by atoms with Gasteiger partial charge in [0.05, 0.1) is 23.3 Å². The van der Waals surface area contributed by atoms with E-state index in [1.165, 1.54) is 50.6 Å². The van der Waals surface area contributed by atoms with Gasteiger partial charge in [0.15, 0.2) is 0 Å². The Balaban J connectivity index is 1.31. The van der Waals surface area contributed by atoms with Gasteiger partial charge in [0.1, 0.15) is 23.7 Å². The van der Waals surface area contributed by atoms with Crippen LogP contribution in [0.1, 0.15) is 38.5 Å². The lowest BCUT2D eigenvalue weighted by atomic mass is 9.51. The number of hydrogen-bond acceptors (Lipinski definition) is 5. The molecule has 1 heterocycles. The Kier molecular flexibility index (Phi) is 6.13. The van der Waals surface area contributed by atoms with Crippen LogP contribution < -0.4 is 15.4 Å².